The second kappa shape index (κ2) is 5.49. The van der Waals surface area contributed by atoms with Crippen LogP contribution in [0.4, 0.5) is 0 Å². The van der Waals surface area contributed by atoms with Gasteiger partial charge in [-0.2, -0.15) is 0 Å². The summed E-state index contributed by atoms with van der Waals surface area (Å²) in [5.74, 6) is 0.885. The highest BCUT2D eigenvalue weighted by molar-refractivity contribution is 7.09. The van der Waals surface area contributed by atoms with Gasteiger partial charge in [-0.1, -0.05) is 6.07 Å². The van der Waals surface area contributed by atoms with E-state index in [1.807, 2.05) is 11.3 Å². The molecular formula is C11H18N2S. The van der Waals surface area contributed by atoms with Crippen LogP contribution in [0.15, 0.2) is 17.5 Å². The zero-order valence-corrected chi connectivity index (χ0v) is 9.28. The van der Waals surface area contributed by atoms with Gasteiger partial charge in [0.2, 0.25) is 0 Å². The monoisotopic (exact) mass is 210 g/mol. The minimum absolute atomic E-state index is 0.885. The van der Waals surface area contributed by atoms with E-state index in [0.717, 1.165) is 12.5 Å². The molecule has 0 bridgehead atoms. The molecule has 14 heavy (non-hydrogen) atoms. The average Bonchev–Trinajstić information content (AvgIpc) is 2.72. The predicted molar refractivity (Wildman–Crippen MR) is 61.6 cm³/mol. The second-order valence-electron chi connectivity index (χ2n) is 3.90. The van der Waals surface area contributed by atoms with Gasteiger partial charge in [0, 0.05) is 11.4 Å². The molecule has 2 N–H and O–H groups in total. The van der Waals surface area contributed by atoms with Gasteiger partial charge in [0.25, 0.3) is 0 Å². The Hall–Kier alpha value is -0.380. The molecule has 1 aromatic heterocycles. The molecule has 2 rings (SSSR count). The van der Waals surface area contributed by atoms with Crippen molar-refractivity contribution in [3.63, 3.8) is 0 Å². The number of hydrogen-bond acceptors (Lipinski definition) is 3. The lowest BCUT2D eigenvalue weighted by Crippen LogP contribution is -2.33. The van der Waals surface area contributed by atoms with E-state index >= 15 is 0 Å². The highest BCUT2D eigenvalue weighted by atomic mass is 32.1. The Kier molecular flexibility index (Phi) is 3.98. The van der Waals surface area contributed by atoms with Crippen molar-refractivity contribution in [2.75, 3.05) is 19.6 Å². The number of hydrogen-bond donors (Lipinski definition) is 2. The zero-order chi connectivity index (χ0) is 9.64. The molecule has 0 saturated carbocycles. The first-order valence-corrected chi connectivity index (χ1v) is 6.27. The molecule has 1 aromatic rings. The van der Waals surface area contributed by atoms with Gasteiger partial charge in [-0.05, 0) is 49.8 Å². The molecule has 0 aliphatic carbocycles. The fourth-order valence-corrected chi connectivity index (χ4v) is 2.57. The molecule has 1 aliphatic heterocycles. The van der Waals surface area contributed by atoms with Crippen LogP contribution in [0.1, 0.15) is 17.7 Å². The van der Waals surface area contributed by atoms with E-state index < -0.39 is 0 Å². The number of thiophene rings is 1. The molecule has 2 nitrogen and oxygen atoms in total. The van der Waals surface area contributed by atoms with Crippen LogP contribution in [0.5, 0.6) is 0 Å². The minimum atomic E-state index is 0.885. The highest BCUT2D eigenvalue weighted by Gasteiger charge is 2.11. The minimum Gasteiger partial charge on any atom is -0.317 e. The van der Waals surface area contributed by atoms with Crippen LogP contribution in [0.2, 0.25) is 0 Å². The maximum Gasteiger partial charge on any atom is 0.0299 e. The van der Waals surface area contributed by atoms with Crippen LogP contribution in [0, 0.1) is 5.92 Å². The second-order valence-corrected chi connectivity index (χ2v) is 4.94. The van der Waals surface area contributed by atoms with E-state index in [1.54, 1.807) is 0 Å². The summed E-state index contributed by atoms with van der Waals surface area (Å²) in [7, 11) is 0. The molecule has 0 radical (unpaired) electrons. The van der Waals surface area contributed by atoms with Crippen molar-refractivity contribution in [3.05, 3.63) is 22.4 Å². The van der Waals surface area contributed by atoms with Gasteiger partial charge in [-0.15, -0.1) is 11.3 Å². The predicted octanol–water partition coefficient (Wildman–Crippen LogP) is 1.84. The molecule has 0 atom stereocenters. The third-order valence-electron chi connectivity index (χ3n) is 2.77. The van der Waals surface area contributed by atoms with Gasteiger partial charge < -0.3 is 10.6 Å². The summed E-state index contributed by atoms with van der Waals surface area (Å²) in [6, 6.07) is 4.31. The SMILES string of the molecule is c1csc(CNCC2CCNCC2)c1. The van der Waals surface area contributed by atoms with Crippen LogP contribution >= 0.6 is 11.3 Å². The molecule has 0 spiro atoms. The molecular weight excluding hydrogens is 192 g/mol. The van der Waals surface area contributed by atoms with Crippen molar-refractivity contribution in [2.45, 2.75) is 19.4 Å². The van der Waals surface area contributed by atoms with E-state index in [1.165, 1.54) is 37.4 Å². The zero-order valence-electron chi connectivity index (χ0n) is 8.46. The first kappa shape index (κ1) is 10.1. The summed E-state index contributed by atoms with van der Waals surface area (Å²) in [6.07, 6.45) is 2.66. The molecule has 0 amide bonds. The topological polar surface area (TPSA) is 24.1 Å². The fraction of sp³-hybridized carbons (Fsp3) is 0.636. The van der Waals surface area contributed by atoms with Crippen LogP contribution in [0.3, 0.4) is 0 Å². The molecule has 1 fully saturated rings. The van der Waals surface area contributed by atoms with Gasteiger partial charge in [0.15, 0.2) is 0 Å². The largest absolute Gasteiger partial charge is 0.317 e. The molecule has 0 aromatic carbocycles. The third-order valence-corrected chi connectivity index (χ3v) is 3.65. The maximum absolute atomic E-state index is 3.54. The Morgan fingerprint density at radius 3 is 3.00 bits per heavy atom. The quantitative estimate of drug-likeness (QED) is 0.792. The lowest BCUT2D eigenvalue weighted by molar-refractivity contribution is 0.357. The molecule has 0 unspecified atom stereocenters. The first-order valence-electron chi connectivity index (χ1n) is 5.39. The number of rotatable bonds is 4. The van der Waals surface area contributed by atoms with Crippen LogP contribution in [-0.2, 0) is 6.54 Å². The first-order chi connectivity index (χ1) is 6.95. The Morgan fingerprint density at radius 1 is 1.43 bits per heavy atom. The van der Waals surface area contributed by atoms with Crippen molar-refractivity contribution in [3.8, 4) is 0 Å². The number of piperidine rings is 1. The molecule has 1 aliphatic rings. The lowest BCUT2D eigenvalue weighted by Gasteiger charge is -2.22. The smallest absolute Gasteiger partial charge is 0.0299 e. The Labute approximate surface area is 89.7 Å². The van der Waals surface area contributed by atoms with Gasteiger partial charge in [0.05, 0.1) is 0 Å². The Balaban J connectivity index is 1.62. The summed E-state index contributed by atoms with van der Waals surface area (Å²) >= 11 is 1.83. The van der Waals surface area contributed by atoms with Crippen LogP contribution < -0.4 is 10.6 Å². The molecule has 1 saturated heterocycles. The molecule has 78 valence electrons. The van der Waals surface area contributed by atoms with Gasteiger partial charge in [-0.25, -0.2) is 0 Å². The van der Waals surface area contributed by atoms with Crippen molar-refractivity contribution < 1.29 is 0 Å². The van der Waals surface area contributed by atoms with Crippen LogP contribution in [-0.4, -0.2) is 19.6 Å². The Bertz CT molecular complexity index is 240. The van der Waals surface area contributed by atoms with Crippen molar-refractivity contribution in [1.29, 1.82) is 0 Å². The van der Waals surface area contributed by atoms with E-state index in [0.29, 0.717) is 0 Å². The summed E-state index contributed by atoms with van der Waals surface area (Å²) in [5, 5.41) is 9.07. The van der Waals surface area contributed by atoms with E-state index in [2.05, 4.69) is 28.1 Å². The van der Waals surface area contributed by atoms with E-state index in [4.69, 9.17) is 0 Å². The van der Waals surface area contributed by atoms with Gasteiger partial charge in [0.1, 0.15) is 0 Å². The molecule has 3 heteroatoms. The van der Waals surface area contributed by atoms with E-state index in [9.17, 15) is 0 Å². The number of nitrogens with one attached hydrogen (secondary N) is 2. The van der Waals surface area contributed by atoms with Crippen LogP contribution in [0.25, 0.3) is 0 Å². The van der Waals surface area contributed by atoms with E-state index in [-0.39, 0.29) is 0 Å². The summed E-state index contributed by atoms with van der Waals surface area (Å²) in [6.45, 7) is 4.62. The summed E-state index contributed by atoms with van der Waals surface area (Å²) < 4.78 is 0. The Morgan fingerprint density at radius 2 is 2.29 bits per heavy atom. The molecule has 2 heterocycles. The van der Waals surface area contributed by atoms with Gasteiger partial charge in [-0.3, -0.25) is 0 Å². The van der Waals surface area contributed by atoms with Crippen molar-refractivity contribution in [2.24, 2.45) is 5.92 Å². The van der Waals surface area contributed by atoms with Crippen molar-refractivity contribution in [1.82, 2.24) is 10.6 Å². The fourth-order valence-electron chi connectivity index (χ4n) is 1.90. The van der Waals surface area contributed by atoms with Gasteiger partial charge >= 0.3 is 0 Å². The normalized spacial score (nSPS) is 18.6. The van der Waals surface area contributed by atoms with Crippen molar-refractivity contribution >= 4 is 11.3 Å². The summed E-state index contributed by atoms with van der Waals surface area (Å²) in [4.78, 5) is 1.44. The lowest BCUT2D eigenvalue weighted by atomic mass is 9.98. The standard InChI is InChI=1S/C11H18N2S/c1-2-11(14-7-1)9-13-8-10-3-5-12-6-4-10/h1-2,7,10,12-13H,3-6,8-9H2. The maximum atomic E-state index is 3.54. The summed E-state index contributed by atoms with van der Waals surface area (Å²) in [5.41, 5.74) is 0. The average molecular weight is 210 g/mol. The third kappa shape index (κ3) is 3.08. The highest BCUT2D eigenvalue weighted by Crippen LogP contribution is 2.11.